The monoisotopic (exact) mass is 396 g/mol. The molecule has 0 radical (unpaired) electrons. The lowest BCUT2D eigenvalue weighted by Crippen LogP contribution is -2.47. The minimum Gasteiger partial charge on any atom is -0.481 e. The van der Waals surface area contributed by atoms with Crippen LogP contribution in [-0.2, 0) is 4.79 Å². The normalized spacial score (nSPS) is 22.0. The van der Waals surface area contributed by atoms with Crippen LogP contribution in [0.15, 0.2) is 16.7 Å². The average Bonchev–Trinajstić information content (AvgIpc) is 3.01. The van der Waals surface area contributed by atoms with Crippen LogP contribution in [0.3, 0.4) is 0 Å². The number of carboxylic acid groups (broad SMARTS) is 1. The number of hydrogen-bond acceptors (Lipinski definition) is 2. The Kier molecular flexibility index (Phi) is 4.53. The summed E-state index contributed by atoms with van der Waals surface area (Å²) in [5, 5.41) is 9.05. The minimum atomic E-state index is -4.91. The van der Waals surface area contributed by atoms with Crippen molar-refractivity contribution in [2.75, 3.05) is 13.1 Å². The highest BCUT2D eigenvalue weighted by Gasteiger charge is 2.64. The van der Waals surface area contributed by atoms with Crippen LogP contribution in [0.25, 0.3) is 0 Å². The van der Waals surface area contributed by atoms with Crippen LogP contribution in [0.2, 0.25) is 0 Å². The molecular formula is C14H16BrF3N2O3. The van der Waals surface area contributed by atoms with E-state index in [1.54, 1.807) is 10.8 Å². The van der Waals surface area contributed by atoms with Gasteiger partial charge in [0.25, 0.3) is 5.91 Å². The number of carbonyl (C=O) groups is 2. The summed E-state index contributed by atoms with van der Waals surface area (Å²) in [4.78, 5) is 24.7. The summed E-state index contributed by atoms with van der Waals surface area (Å²) < 4.78 is 41.8. The van der Waals surface area contributed by atoms with Gasteiger partial charge in [0.2, 0.25) is 0 Å². The molecule has 0 bridgehead atoms. The molecule has 1 atom stereocenters. The van der Waals surface area contributed by atoms with Crippen molar-refractivity contribution >= 4 is 27.8 Å². The lowest BCUT2D eigenvalue weighted by atomic mass is 9.86. The fourth-order valence-corrected chi connectivity index (χ4v) is 3.15. The summed E-state index contributed by atoms with van der Waals surface area (Å²) >= 11 is 3.24. The van der Waals surface area contributed by atoms with Gasteiger partial charge < -0.3 is 14.6 Å². The molecule has 1 unspecified atom stereocenters. The second-order valence-electron chi connectivity index (χ2n) is 5.91. The van der Waals surface area contributed by atoms with Crippen LogP contribution in [0.1, 0.15) is 36.8 Å². The van der Waals surface area contributed by atoms with Crippen LogP contribution < -0.4 is 0 Å². The van der Waals surface area contributed by atoms with E-state index in [0.29, 0.717) is 4.47 Å². The molecule has 2 heterocycles. The highest BCUT2D eigenvalue weighted by Crippen LogP contribution is 2.46. The van der Waals surface area contributed by atoms with Gasteiger partial charge in [-0.3, -0.25) is 9.59 Å². The molecule has 1 aliphatic heterocycles. The zero-order chi connectivity index (χ0) is 17.6. The van der Waals surface area contributed by atoms with Crippen LogP contribution in [0.4, 0.5) is 13.2 Å². The summed E-state index contributed by atoms with van der Waals surface area (Å²) in [6.07, 6.45) is -3.88. The fourth-order valence-electron chi connectivity index (χ4n) is 2.72. The zero-order valence-corrected chi connectivity index (χ0v) is 14.1. The molecule has 0 aromatic carbocycles. The van der Waals surface area contributed by atoms with E-state index in [1.807, 2.05) is 13.8 Å². The van der Waals surface area contributed by atoms with Gasteiger partial charge in [0.05, 0.1) is 0 Å². The number of rotatable bonds is 3. The maximum atomic E-state index is 13.2. The quantitative estimate of drug-likeness (QED) is 0.852. The number of nitrogens with zero attached hydrogens (tertiary/aromatic N) is 2. The fraction of sp³-hybridized carbons (Fsp3) is 0.571. The number of alkyl halides is 3. The van der Waals surface area contributed by atoms with E-state index < -0.39 is 36.4 Å². The second kappa shape index (κ2) is 5.85. The van der Waals surface area contributed by atoms with Crippen molar-refractivity contribution in [3.63, 3.8) is 0 Å². The van der Waals surface area contributed by atoms with Crippen molar-refractivity contribution in [3.8, 4) is 0 Å². The third-order valence-electron chi connectivity index (χ3n) is 4.10. The first-order valence-electron chi connectivity index (χ1n) is 6.96. The Morgan fingerprint density at radius 1 is 1.39 bits per heavy atom. The molecule has 5 nitrogen and oxygen atoms in total. The highest BCUT2D eigenvalue weighted by molar-refractivity contribution is 9.10. The summed E-state index contributed by atoms with van der Waals surface area (Å²) in [6.45, 7) is 2.56. The molecule has 9 heteroatoms. The Morgan fingerprint density at radius 3 is 2.43 bits per heavy atom. The van der Waals surface area contributed by atoms with Crippen molar-refractivity contribution in [1.29, 1.82) is 0 Å². The Balaban J connectivity index is 2.32. The molecule has 1 amide bonds. The highest BCUT2D eigenvalue weighted by atomic mass is 79.9. The Morgan fingerprint density at radius 2 is 2.00 bits per heavy atom. The Bertz CT molecular complexity index is 642. The summed E-state index contributed by atoms with van der Waals surface area (Å²) in [5.41, 5.74) is -2.66. The van der Waals surface area contributed by atoms with Crippen LogP contribution in [0, 0.1) is 5.41 Å². The minimum absolute atomic E-state index is 0.0605. The van der Waals surface area contributed by atoms with Crippen molar-refractivity contribution in [2.24, 2.45) is 5.41 Å². The van der Waals surface area contributed by atoms with E-state index in [2.05, 4.69) is 15.9 Å². The number of carboxylic acids is 1. The van der Waals surface area contributed by atoms with E-state index in [1.165, 1.54) is 6.07 Å². The van der Waals surface area contributed by atoms with Gasteiger partial charge in [0, 0.05) is 29.8 Å². The molecule has 23 heavy (non-hydrogen) atoms. The molecule has 0 aliphatic carbocycles. The Hall–Kier alpha value is -1.51. The van der Waals surface area contributed by atoms with Gasteiger partial charge in [-0.2, -0.15) is 13.2 Å². The molecule has 1 aromatic heterocycles. The van der Waals surface area contributed by atoms with E-state index in [0.717, 1.165) is 4.90 Å². The lowest BCUT2D eigenvalue weighted by Gasteiger charge is -2.27. The van der Waals surface area contributed by atoms with Gasteiger partial charge in [-0.15, -0.1) is 0 Å². The topological polar surface area (TPSA) is 62.5 Å². The van der Waals surface area contributed by atoms with Gasteiger partial charge in [-0.25, -0.2) is 0 Å². The molecule has 1 aromatic rings. The molecule has 1 fully saturated rings. The molecule has 1 saturated heterocycles. The molecule has 1 aliphatic rings. The van der Waals surface area contributed by atoms with Gasteiger partial charge in [-0.1, -0.05) is 0 Å². The van der Waals surface area contributed by atoms with Crippen molar-refractivity contribution in [2.45, 2.75) is 32.5 Å². The number of carbonyl (C=O) groups excluding carboxylic acids is 1. The predicted octanol–water partition coefficient (Wildman–Crippen LogP) is 3.31. The van der Waals surface area contributed by atoms with Crippen LogP contribution in [-0.4, -0.2) is 45.7 Å². The maximum absolute atomic E-state index is 13.2. The number of hydrogen-bond donors (Lipinski definition) is 1. The van der Waals surface area contributed by atoms with E-state index in [4.69, 9.17) is 5.11 Å². The van der Waals surface area contributed by atoms with Gasteiger partial charge in [0.1, 0.15) is 5.69 Å². The Labute approximate surface area is 139 Å². The number of amides is 1. The van der Waals surface area contributed by atoms with Gasteiger partial charge >= 0.3 is 12.1 Å². The standard InChI is InChI=1S/C14H16BrF3N2O3/c1-8(2)20-6-9(15)5-10(20)11(21)19-4-3-13(7-19,12(22)23)14(16,17)18/h5-6,8H,3-4,7H2,1-2H3,(H,22,23). The third kappa shape index (κ3) is 2.98. The number of halogens is 4. The summed E-state index contributed by atoms with van der Waals surface area (Å²) in [7, 11) is 0. The van der Waals surface area contributed by atoms with Gasteiger partial charge in [0.15, 0.2) is 5.41 Å². The smallest absolute Gasteiger partial charge is 0.406 e. The summed E-state index contributed by atoms with van der Waals surface area (Å²) in [5.74, 6) is -2.54. The average molecular weight is 397 g/mol. The largest absolute Gasteiger partial charge is 0.481 e. The van der Waals surface area contributed by atoms with E-state index in [-0.39, 0.29) is 18.3 Å². The molecule has 2 rings (SSSR count). The van der Waals surface area contributed by atoms with Crippen molar-refractivity contribution < 1.29 is 27.9 Å². The third-order valence-corrected chi connectivity index (χ3v) is 4.53. The first-order valence-corrected chi connectivity index (χ1v) is 7.75. The summed E-state index contributed by atoms with van der Waals surface area (Å²) in [6, 6.07) is 1.46. The number of aliphatic carboxylic acids is 1. The first kappa shape index (κ1) is 17.8. The van der Waals surface area contributed by atoms with Crippen LogP contribution in [0.5, 0.6) is 0 Å². The zero-order valence-electron chi connectivity index (χ0n) is 12.5. The lowest BCUT2D eigenvalue weighted by molar-refractivity contribution is -0.227. The SMILES string of the molecule is CC(C)n1cc(Br)cc1C(=O)N1CCC(C(=O)O)(C(F)(F)F)C1. The van der Waals surface area contributed by atoms with Crippen molar-refractivity contribution in [3.05, 3.63) is 22.4 Å². The predicted molar refractivity (Wildman–Crippen MR) is 79.2 cm³/mol. The maximum Gasteiger partial charge on any atom is 0.406 e. The first-order chi connectivity index (χ1) is 10.5. The molecule has 1 N–H and O–H groups in total. The second-order valence-corrected chi connectivity index (χ2v) is 6.82. The van der Waals surface area contributed by atoms with Gasteiger partial charge in [-0.05, 0) is 42.3 Å². The molecular weight excluding hydrogens is 381 g/mol. The van der Waals surface area contributed by atoms with Crippen molar-refractivity contribution in [1.82, 2.24) is 9.47 Å². The molecule has 128 valence electrons. The van der Waals surface area contributed by atoms with E-state index >= 15 is 0 Å². The van der Waals surface area contributed by atoms with E-state index in [9.17, 15) is 22.8 Å². The van der Waals surface area contributed by atoms with Crippen LogP contribution >= 0.6 is 15.9 Å². The number of aromatic nitrogens is 1. The number of likely N-dealkylation sites (tertiary alicyclic amines) is 1. The molecule has 0 saturated carbocycles. The molecule has 0 spiro atoms.